The number of esters is 2. The van der Waals surface area contributed by atoms with Crippen LogP contribution in [0, 0.1) is 6.92 Å². The van der Waals surface area contributed by atoms with E-state index < -0.39 is 3.74 Å². The van der Waals surface area contributed by atoms with Crippen LogP contribution < -0.4 is 4.90 Å². The zero-order valence-electron chi connectivity index (χ0n) is 13.5. The lowest BCUT2D eigenvalue weighted by Gasteiger charge is -2.25. The van der Waals surface area contributed by atoms with E-state index in [1.165, 1.54) is 0 Å². The second kappa shape index (κ2) is 11.1. The van der Waals surface area contributed by atoms with Gasteiger partial charge >= 0.3 is 11.9 Å². The van der Waals surface area contributed by atoms with Crippen LogP contribution in [0.1, 0.15) is 12.5 Å². The van der Waals surface area contributed by atoms with Gasteiger partial charge in [-0.3, -0.25) is 4.79 Å². The largest absolute Gasteiger partial charge is 0.463 e. The van der Waals surface area contributed by atoms with Gasteiger partial charge in [0, 0.05) is 5.69 Å². The number of carbonyl (C=O) groups is 2. The van der Waals surface area contributed by atoms with E-state index in [1.807, 2.05) is 36.1 Å². The van der Waals surface area contributed by atoms with Crippen molar-refractivity contribution in [2.75, 3.05) is 31.2 Å². The molecule has 0 radical (unpaired) electrons. The molecule has 134 valence electrons. The van der Waals surface area contributed by atoms with Crippen LogP contribution in [0.3, 0.4) is 0 Å². The predicted molar refractivity (Wildman–Crippen MR) is 105 cm³/mol. The summed E-state index contributed by atoms with van der Waals surface area (Å²) in [6.07, 6.45) is 0. The molecule has 0 N–H and O–H groups in total. The molecule has 0 spiro atoms. The fourth-order valence-electron chi connectivity index (χ4n) is 1.89. The second-order valence-electron chi connectivity index (χ2n) is 5.08. The van der Waals surface area contributed by atoms with Crippen LogP contribution in [-0.2, 0) is 19.1 Å². The Kier molecular flexibility index (Phi) is 9.92. The van der Waals surface area contributed by atoms with Crippen molar-refractivity contribution in [3.05, 3.63) is 29.8 Å². The maximum atomic E-state index is 11.5. The molecule has 0 aliphatic heterocycles. The van der Waals surface area contributed by atoms with Gasteiger partial charge in [0.25, 0.3) is 0 Å². The SMILES string of the molecule is Cc1cccc(N(CCOC(=O)C(C)Br)CCOC(=O)C(Br)Br)c1. The number of carbonyl (C=O) groups excluding carboxylic acids is 2. The summed E-state index contributed by atoms with van der Waals surface area (Å²) >= 11 is 9.38. The van der Waals surface area contributed by atoms with E-state index in [1.54, 1.807) is 6.92 Å². The number of aryl methyl sites for hydroxylation is 1. The molecule has 0 aliphatic rings. The number of nitrogens with zero attached hydrogens (tertiary/aromatic N) is 1. The first kappa shape index (κ1) is 21.4. The molecule has 0 aliphatic carbocycles. The van der Waals surface area contributed by atoms with Crippen molar-refractivity contribution >= 4 is 65.4 Å². The van der Waals surface area contributed by atoms with Crippen molar-refractivity contribution in [2.24, 2.45) is 0 Å². The Morgan fingerprint density at radius 2 is 1.67 bits per heavy atom. The molecule has 0 saturated heterocycles. The summed E-state index contributed by atoms with van der Waals surface area (Å²) in [5.41, 5.74) is 2.12. The highest BCUT2D eigenvalue weighted by Crippen LogP contribution is 2.16. The minimum absolute atomic E-state index is 0.239. The molecule has 1 aromatic rings. The van der Waals surface area contributed by atoms with Crippen LogP contribution in [0.5, 0.6) is 0 Å². The fourth-order valence-corrected chi connectivity index (χ4v) is 2.28. The molecular formula is C16H20Br3NO4. The molecule has 1 unspecified atom stereocenters. The minimum atomic E-state index is -0.515. The normalized spacial score (nSPS) is 11.9. The second-order valence-corrected chi connectivity index (χ2v) is 9.51. The first-order valence-corrected chi connectivity index (χ1v) is 10.1. The van der Waals surface area contributed by atoms with Gasteiger partial charge in [0.15, 0.2) is 3.74 Å². The quantitative estimate of drug-likeness (QED) is 0.360. The zero-order valence-corrected chi connectivity index (χ0v) is 18.3. The third-order valence-electron chi connectivity index (χ3n) is 3.08. The van der Waals surface area contributed by atoms with Crippen LogP contribution >= 0.6 is 47.8 Å². The van der Waals surface area contributed by atoms with Crippen molar-refractivity contribution in [3.63, 3.8) is 0 Å². The van der Waals surface area contributed by atoms with Gasteiger partial charge in [0.2, 0.25) is 0 Å². The van der Waals surface area contributed by atoms with Crippen LogP contribution in [0.4, 0.5) is 5.69 Å². The Labute approximate surface area is 167 Å². The molecule has 0 saturated carbocycles. The minimum Gasteiger partial charge on any atom is -0.463 e. The molecule has 8 heteroatoms. The fraction of sp³-hybridized carbons (Fsp3) is 0.500. The third-order valence-corrected chi connectivity index (χ3v) is 4.20. The van der Waals surface area contributed by atoms with Crippen LogP contribution in [0.2, 0.25) is 0 Å². The Balaban J connectivity index is 2.62. The maximum absolute atomic E-state index is 11.5. The van der Waals surface area contributed by atoms with Gasteiger partial charge in [-0.25, -0.2) is 4.79 Å². The number of ether oxygens (including phenoxy) is 2. The molecule has 0 aromatic heterocycles. The summed E-state index contributed by atoms with van der Waals surface area (Å²) in [5, 5.41) is 0. The van der Waals surface area contributed by atoms with E-state index in [0.717, 1.165) is 11.3 Å². The van der Waals surface area contributed by atoms with Crippen molar-refractivity contribution in [3.8, 4) is 0 Å². The van der Waals surface area contributed by atoms with E-state index in [-0.39, 0.29) is 30.0 Å². The number of anilines is 1. The monoisotopic (exact) mass is 527 g/mol. The topological polar surface area (TPSA) is 55.8 Å². The Hall–Kier alpha value is -0.600. The average molecular weight is 530 g/mol. The van der Waals surface area contributed by atoms with Crippen molar-refractivity contribution in [1.29, 1.82) is 0 Å². The number of hydrogen-bond donors (Lipinski definition) is 0. The van der Waals surface area contributed by atoms with Crippen LogP contribution in [-0.4, -0.2) is 46.8 Å². The number of halogens is 3. The molecule has 0 bridgehead atoms. The van der Waals surface area contributed by atoms with E-state index in [4.69, 9.17) is 9.47 Å². The molecule has 1 aromatic carbocycles. The van der Waals surface area contributed by atoms with Gasteiger partial charge in [-0.05, 0) is 31.5 Å². The number of alkyl halides is 3. The van der Waals surface area contributed by atoms with Crippen molar-refractivity contribution < 1.29 is 19.1 Å². The van der Waals surface area contributed by atoms with E-state index in [2.05, 4.69) is 47.8 Å². The maximum Gasteiger partial charge on any atom is 0.330 e. The summed E-state index contributed by atoms with van der Waals surface area (Å²) in [7, 11) is 0. The van der Waals surface area contributed by atoms with Crippen LogP contribution in [0.15, 0.2) is 24.3 Å². The van der Waals surface area contributed by atoms with E-state index in [0.29, 0.717) is 13.1 Å². The summed E-state index contributed by atoms with van der Waals surface area (Å²) in [6.45, 7) is 5.24. The van der Waals surface area contributed by atoms with E-state index >= 15 is 0 Å². The third kappa shape index (κ3) is 7.98. The molecule has 1 atom stereocenters. The first-order chi connectivity index (χ1) is 11.3. The summed E-state index contributed by atoms with van der Waals surface area (Å²) < 4.78 is 9.85. The standard InChI is InChI=1S/C16H20Br3NO4/c1-11-4-3-5-13(10-11)20(6-8-23-15(21)12(2)17)7-9-24-16(22)14(18)19/h3-5,10,12,14H,6-9H2,1-2H3. The molecule has 5 nitrogen and oxygen atoms in total. The molecule has 1 rings (SSSR count). The molecule has 0 heterocycles. The van der Waals surface area contributed by atoms with Crippen molar-refractivity contribution in [1.82, 2.24) is 0 Å². The lowest BCUT2D eigenvalue weighted by Crippen LogP contribution is -2.33. The van der Waals surface area contributed by atoms with Gasteiger partial charge in [-0.15, -0.1) is 0 Å². The van der Waals surface area contributed by atoms with Gasteiger partial charge in [-0.1, -0.05) is 59.9 Å². The number of hydrogen-bond acceptors (Lipinski definition) is 5. The van der Waals surface area contributed by atoms with Gasteiger partial charge in [-0.2, -0.15) is 0 Å². The predicted octanol–water partition coefficient (Wildman–Crippen LogP) is 3.79. The summed E-state index contributed by atoms with van der Waals surface area (Å²) in [5.74, 6) is -0.675. The average Bonchev–Trinajstić information content (AvgIpc) is 2.52. The summed E-state index contributed by atoms with van der Waals surface area (Å²) in [6, 6.07) is 7.98. The van der Waals surface area contributed by atoms with Gasteiger partial charge < -0.3 is 14.4 Å². The number of rotatable bonds is 9. The molecular weight excluding hydrogens is 510 g/mol. The van der Waals surface area contributed by atoms with Gasteiger partial charge in [0.05, 0.1) is 13.1 Å². The highest BCUT2D eigenvalue weighted by atomic mass is 79.9. The Bertz CT molecular complexity index is 526. The lowest BCUT2D eigenvalue weighted by molar-refractivity contribution is -0.142. The Morgan fingerprint density at radius 1 is 1.08 bits per heavy atom. The Morgan fingerprint density at radius 3 is 2.17 bits per heavy atom. The highest BCUT2D eigenvalue weighted by Gasteiger charge is 2.15. The highest BCUT2D eigenvalue weighted by molar-refractivity contribution is 9.25. The zero-order chi connectivity index (χ0) is 18.1. The van der Waals surface area contributed by atoms with E-state index in [9.17, 15) is 9.59 Å². The molecule has 0 fully saturated rings. The molecule has 24 heavy (non-hydrogen) atoms. The summed E-state index contributed by atoms with van der Waals surface area (Å²) in [4.78, 5) is 24.7. The van der Waals surface area contributed by atoms with Crippen LogP contribution in [0.25, 0.3) is 0 Å². The van der Waals surface area contributed by atoms with Crippen molar-refractivity contribution in [2.45, 2.75) is 22.4 Å². The smallest absolute Gasteiger partial charge is 0.330 e. The number of benzene rings is 1. The van der Waals surface area contributed by atoms with Gasteiger partial charge in [0.1, 0.15) is 18.0 Å². The molecule has 0 amide bonds. The lowest BCUT2D eigenvalue weighted by atomic mass is 10.2. The first-order valence-electron chi connectivity index (χ1n) is 7.38.